The minimum absolute atomic E-state index is 0.857. The van der Waals surface area contributed by atoms with Crippen molar-refractivity contribution in [3.05, 3.63) is 212 Å². The van der Waals surface area contributed by atoms with Crippen LogP contribution in [0.25, 0.3) is 97.0 Å². The van der Waals surface area contributed by atoms with Gasteiger partial charge in [-0.15, -0.1) is 11.3 Å². The van der Waals surface area contributed by atoms with Crippen LogP contribution in [0.2, 0.25) is 0 Å². The molecule has 0 N–H and O–H groups in total. The van der Waals surface area contributed by atoms with Gasteiger partial charge in [0, 0.05) is 47.9 Å². The average Bonchev–Trinajstić information content (AvgIpc) is 3.89. The quantitative estimate of drug-likeness (QED) is 0.157. The zero-order valence-electron chi connectivity index (χ0n) is 32.0. The molecule has 0 radical (unpaired) electrons. The van der Waals surface area contributed by atoms with Crippen molar-refractivity contribution in [1.82, 2.24) is 0 Å². The molecule has 276 valence electrons. The Morgan fingerprint density at radius 3 is 1.75 bits per heavy atom. The number of nitrogens with zero attached hydrogens (tertiary/aromatic N) is 1. The first-order valence-corrected chi connectivity index (χ1v) is 20.9. The number of thiophene rings is 1. The van der Waals surface area contributed by atoms with Crippen molar-refractivity contribution in [2.24, 2.45) is 0 Å². The summed E-state index contributed by atoms with van der Waals surface area (Å²) in [5.41, 5.74) is 11.9. The van der Waals surface area contributed by atoms with Gasteiger partial charge < -0.3 is 9.32 Å². The summed E-state index contributed by atoms with van der Waals surface area (Å²) in [5.74, 6) is 0. The number of furan rings is 1. The van der Waals surface area contributed by atoms with Crippen molar-refractivity contribution in [3.8, 4) is 33.4 Å². The fourth-order valence-corrected chi connectivity index (χ4v) is 10.2. The maximum absolute atomic E-state index is 6.99. The highest BCUT2D eigenvalue weighted by atomic mass is 32.1. The van der Waals surface area contributed by atoms with Gasteiger partial charge >= 0.3 is 0 Å². The zero-order chi connectivity index (χ0) is 38.9. The lowest BCUT2D eigenvalue weighted by molar-refractivity contribution is 0.670. The first-order chi connectivity index (χ1) is 29.2. The summed E-state index contributed by atoms with van der Waals surface area (Å²) < 4.78 is 9.61. The molecule has 0 aliphatic heterocycles. The Labute approximate surface area is 345 Å². The van der Waals surface area contributed by atoms with Crippen LogP contribution in [-0.4, -0.2) is 0 Å². The molecule has 2 nitrogen and oxygen atoms in total. The third-order valence-electron chi connectivity index (χ3n) is 11.9. The van der Waals surface area contributed by atoms with Gasteiger partial charge in [0.2, 0.25) is 0 Å². The summed E-state index contributed by atoms with van der Waals surface area (Å²) in [6.45, 7) is 0. The Hall–Kier alpha value is -7.46. The van der Waals surface area contributed by atoms with Gasteiger partial charge in [-0.1, -0.05) is 164 Å². The summed E-state index contributed by atoms with van der Waals surface area (Å²) in [5, 5.41) is 9.88. The molecule has 0 saturated heterocycles. The van der Waals surface area contributed by atoms with Crippen LogP contribution in [0.4, 0.5) is 17.1 Å². The van der Waals surface area contributed by atoms with Crippen LogP contribution in [0, 0.1) is 0 Å². The summed E-state index contributed by atoms with van der Waals surface area (Å²) >= 11 is 1.86. The van der Waals surface area contributed by atoms with Crippen LogP contribution in [-0.2, 0) is 0 Å². The standard InChI is InChI=1S/C56H35NOS/c1-2-11-37(12-3-1)47-17-8-18-48-49-19-9-20-51(56(49)58-55(47)48)57(43-32-27-39(28-33-43)46-16-10-22-53-54(46)50-15-6-7-21-52(50)59-53)42-30-25-36(26-31-42)40-29-34-45-41(35-40)24-23-38-13-4-5-14-44(38)45/h1-35H. The monoisotopic (exact) mass is 769 g/mol. The molecule has 0 fully saturated rings. The van der Waals surface area contributed by atoms with Crippen LogP contribution >= 0.6 is 11.3 Å². The Morgan fingerprint density at radius 2 is 0.915 bits per heavy atom. The fraction of sp³-hybridized carbons (Fsp3) is 0. The Balaban J connectivity index is 1.01. The lowest BCUT2D eigenvalue weighted by atomic mass is 9.97. The van der Waals surface area contributed by atoms with E-state index in [2.05, 4.69) is 217 Å². The molecule has 3 heteroatoms. The van der Waals surface area contributed by atoms with E-state index < -0.39 is 0 Å². The Bertz CT molecular complexity index is 3540. The molecular weight excluding hydrogens is 735 g/mol. The van der Waals surface area contributed by atoms with Crippen LogP contribution < -0.4 is 4.90 Å². The molecule has 0 bridgehead atoms. The highest BCUT2D eigenvalue weighted by Gasteiger charge is 2.21. The number of hydrogen-bond acceptors (Lipinski definition) is 3. The molecule has 0 unspecified atom stereocenters. The van der Waals surface area contributed by atoms with E-state index in [1.807, 2.05) is 11.3 Å². The van der Waals surface area contributed by atoms with E-state index in [1.54, 1.807) is 0 Å². The van der Waals surface area contributed by atoms with Gasteiger partial charge in [0.15, 0.2) is 5.58 Å². The van der Waals surface area contributed by atoms with Gasteiger partial charge in [0.25, 0.3) is 0 Å². The van der Waals surface area contributed by atoms with Crippen molar-refractivity contribution in [2.75, 3.05) is 4.90 Å². The smallest absolute Gasteiger partial charge is 0.159 e. The van der Waals surface area contributed by atoms with Gasteiger partial charge in [-0.3, -0.25) is 0 Å². The molecule has 0 atom stereocenters. The van der Waals surface area contributed by atoms with Crippen LogP contribution in [0.5, 0.6) is 0 Å². The third kappa shape index (κ3) is 5.55. The number of anilines is 3. The molecule has 12 aromatic rings. The lowest BCUT2D eigenvalue weighted by Gasteiger charge is -2.26. The van der Waals surface area contributed by atoms with E-state index in [0.717, 1.165) is 50.1 Å². The van der Waals surface area contributed by atoms with Crippen LogP contribution in [0.3, 0.4) is 0 Å². The van der Waals surface area contributed by atoms with Gasteiger partial charge in [0.1, 0.15) is 5.58 Å². The molecule has 59 heavy (non-hydrogen) atoms. The summed E-state index contributed by atoms with van der Waals surface area (Å²) in [6, 6.07) is 76.8. The lowest BCUT2D eigenvalue weighted by Crippen LogP contribution is -2.10. The second-order valence-electron chi connectivity index (χ2n) is 15.2. The normalized spacial score (nSPS) is 11.7. The van der Waals surface area contributed by atoms with Gasteiger partial charge in [0.05, 0.1) is 5.69 Å². The van der Waals surface area contributed by atoms with Crippen LogP contribution in [0.1, 0.15) is 0 Å². The van der Waals surface area contributed by atoms with E-state index in [-0.39, 0.29) is 0 Å². The predicted molar refractivity (Wildman–Crippen MR) is 253 cm³/mol. The first kappa shape index (κ1) is 33.7. The van der Waals surface area contributed by atoms with E-state index in [9.17, 15) is 0 Å². The van der Waals surface area contributed by atoms with E-state index >= 15 is 0 Å². The number of fused-ring (bicyclic) bond motifs is 9. The fourth-order valence-electron chi connectivity index (χ4n) is 9.05. The molecule has 2 aromatic heterocycles. The summed E-state index contributed by atoms with van der Waals surface area (Å²) in [7, 11) is 0. The SMILES string of the molecule is c1ccc(-c2cccc3c2oc2c(N(c4ccc(-c5ccc6c(ccc7ccccc76)c5)cc4)c4ccc(-c5cccc6sc7ccccc7c56)cc4)cccc23)cc1. The molecule has 12 rings (SSSR count). The van der Waals surface area contributed by atoms with Crippen molar-refractivity contribution >= 4 is 92.1 Å². The second-order valence-corrected chi connectivity index (χ2v) is 16.3. The van der Waals surface area contributed by atoms with Crippen molar-refractivity contribution < 1.29 is 4.42 Å². The maximum Gasteiger partial charge on any atom is 0.159 e. The molecular formula is C56H35NOS. The van der Waals surface area contributed by atoms with Gasteiger partial charge in [-0.2, -0.15) is 0 Å². The third-order valence-corrected chi connectivity index (χ3v) is 13.0. The highest BCUT2D eigenvalue weighted by Crippen LogP contribution is 2.46. The minimum atomic E-state index is 0.857. The van der Waals surface area contributed by atoms with Gasteiger partial charge in [-0.05, 0) is 97.9 Å². The van der Waals surface area contributed by atoms with Crippen molar-refractivity contribution in [3.63, 3.8) is 0 Å². The van der Waals surface area contributed by atoms with Crippen LogP contribution in [0.15, 0.2) is 217 Å². The number of rotatable bonds is 6. The molecule has 0 amide bonds. The van der Waals surface area contributed by atoms with E-state index in [4.69, 9.17) is 4.42 Å². The second kappa shape index (κ2) is 13.6. The Morgan fingerprint density at radius 1 is 0.339 bits per heavy atom. The topological polar surface area (TPSA) is 16.4 Å². The molecule has 10 aromatic carbocycles. The number of benzene rings is 10. The Kier molecular flexibility index (Phi) is 7.75. The number of hydrogen-bond donors (Lipinski definition) is 0. The van der Waals surface area contributed by atoms with Crippen molar-refractivity contribution in [2.45, 2.75) is 0 Å². The summed E-state index contributed by atoms with van der Waals surface area (Å²) in [4.78, 5) is 2.34. The molecule has 0 saturated carbocycles. The first-order valence-electron chi connectivity index (χ1n) is 20.1. The van der Waals surface area contributed by atoms with E-state index in [1.165, 1.54) is 64.0 Å². The number of para-hydroxylation sites is 2. The molecule has 0 aliphatic rings. The predicted octanol–water partition coefficient (Wildman–Crippen LogP) is 16.7. The molecule has 0 spiro atoms. The average molecular weight is 770 g/mol. The van der Waals surface area contributed by atoms with Crippen molar-refractivity contribution in [1.29, 1.82) is 0 Å². The van der Waals surface area contributed by atoms with E-state index in [0.29, 0.717) is 0 Å². The zero-order valence-corrected chi connectivity index (χ0v) is 32.8. The molecule has 0 aliphatic carbocycles. The highest BCUT2D eigenvalue weighted by molar-refractivity contribution is 7.25. The maximum atomic E-state index is 6.99. The minimum Gasteiger partial charge on any atom is -0.453 e. The van der Waals surface area contributed by atoms with Gasteiger partial charge in [-0.25, -0.2) is 0 Å². The molecule has 2 heterocycles. The largest absolute Gasteiger partial charge is 0.453 e. The summed E-state index contributed by atoms with van der Waals surface area (Å²) in [6.07, 6.45) is 0.